The van der Waals surface area contributed by atoms with Crippen LogP contribution in [0.15, 0.2) is 29.5 Å². The zero-order chi connectivity index (χ0) is 9.36. The zero-order valence-corrected chi connectivity index (χ0v) is 8.04. The molecule has 0 unspecified atom stereocenters. The lowest BCUT2D eigenvalue weighted by Crippen LogP contribution is -1.94. The van der Waals surface area contributed by atoms with Crippen LogP contribution in [0.1, 0.15) is 32.1 Å². The second-order valence-electron chi connectivity index (χ2n) is 3.17. The van der Waals surface area contributed by atoms with Crippen LogP contribution >= 0.6 is 0 Å². The Morgan fingerprint density at radius 3 is 3.15 bits per heavy atom. The Morgan fingerprint density at radius 2 is 2.46 bits per heavy atom. The highest BCUT2D eigenvalue weighted by Crippen LogP contribution is 2.15. The maximum atomic E-state index is 5.03. The molecular formula is C11H17NO. The topological polar surface area (TPSA) is 21.6 Å². The van der Waals surface area contributed by atoms with Gasteiger partial charge in [0.25, 0.3) is 0 Å². The summed E-state index contributed by atoms with van der Waals surface area (Å²) in [5.41, 5.74) is 1.31. The summed E-state index contributed by atoms with van der Waals surface area (Å²) in [6, 6.07) is 0. The molecule has 0 bridgehead atoms. The zero-order valence-electron chi connectivity index (χ0n) is 8.04. The third-order valence-electron chi connectivity index (χ3n) is 2.03. The van der Waals surface area contributed by atoms with Crippen LogP contribution < -0.4 is 0 Å². The van der Waals surface area contributed by atoms with E-state index in [9.17, 15) is 0 Å². The van der Waals surface area contributed by atoms with E-state index in [1.54, 1.807) is 0 Å². The molecule has 2 heteroatoms. The molecule has 0 aromatic rings. The van der Waals surface area contributed by atoms with E-state index in [0.29, 0.717) is 6.61 Å². The van der Waals surface area contributed by atoms with Crippen LogP contribution in [0.2, 0.25) is 0 Å². The van der Waals surface area contributed by atoms with Crippen LogP contribution in [0.25, 0.3) is 0 Å². The Labute approximate surface area is 80.0 Å². The molecule has 72 valence electrons. The van der Waals surface area contributed by atoms with Gasteiger partial charge in [0.2, 0.25) is 0 Å². The molecule has 0 heterocycles. The van der Waals surface area contributed by atoms with Crippen molar-refractivity contribution in [1.82, 2.24) is 0 Å². The Kier molecular flexibility index (Phi) is 4.99. The van der Waals surface area contributed by atoms with Gasteiger partial charge in [-0.25, -0.2) is 0 Å². The normalized spacial score (nSPS) is 17.1. The molecule has 0 radical (unpaired) electrons. The molecule has 1 aliphatic rings. The van der Waals surface area contributed by atoms with Crippen molar-refractivity contribution in [3.05, 3.63) is 24.3 Å². The van der Waals surface area contributed by atoms with E-state index in [1.807, 2.05) is 12.3 Å². The van der Waals surface area contributed by atoms with Gasteiger partial charge in [-0.3, -0.25) is 0 Å². The van der Waals surface area contributed by atoms with Crippen LogP contribution in [0.3, 0.4) is 0 Å². The van der Waals surface area contributed by atoms with E-state index in [0.717, 1.165) is 12.8 Å². The minimum Gasteiger partial charge on any atom is -0.395 e. The van der Waals surface area contributed by atoms with Gasteiger partial charge in [-0.2, -0.15) is 0 Å². The van der Waals surface area contributed by atoms with Gasteiger partial charge in [-0.15, -0.1) is 6.58 Å². The lowest BCUT2D eigenvalue weighted by Gasteiger charge is -2.06. The molecule has 0 aromatic carbocycles. The summed E-state index contributed by atoms with van der Waals surface area (Å²) in [5.74, 6) is 0. The maximum absolute atomic E-state index is 5.03. The molecule has 2 nitrogen and oxygen atoms in total. The fraction of sp³-hybridized carbons (Fsp3) is 0.545. The highest BCUT2D eigenvalue weighted by molar-refractivity contribution is 5.78. The third kappa shape index (κ3) is 4.51. The molecule has 0 aromatic heterocycles. The second-order valence-corrected chi connectivity index (χ2v) is 3.17. The van der Waals surface area contributed by atoms with Gasteiger partial charge in [0, 0.05) is 6.42 Å². The summed E-state index contributed by atoms with van der Waals surface area (Å²) in [5, 5.41) is 3.89. The lowest BCUT2D eigenvalue weighted by molar-refractivity contribution is 0.151. The first-order chi connectivity index (χ1) is 6.43. The molecule has 0 N–H and O–H groups in total. The van der Waals surface area contributed by atoms with Crippen LogP contribution in [0.5, 0.6) is 0 Å². The fourth-order valence-corrected chi connectivity index (χ4v) is 1.27. The molecule has 0 saturated carbocycles. The van der Waals surface area contributed by atoms with Crippen molar-refractivity contribution in [2.24, 2.45) is 5.16 Å². The number of oxime groups is 1. The first-order valence-corrected chi connectivity index (χ1v) is 4.89. The van der Waals surface area contributed by atoms with Gasteiger partial charge in [-0.1, -0.05) is 17.3 Å². The van der Waals surface area contributed by atoms with E-state index >= 15 is 0 Å². The molecule has 1 rings (SSSR count). The average Bonchev–Trinajstić information content (AvgIpc) is 2.19. The van der Waals surface area contributed by atoms with E-state index in [-0.39, 0.29) is 0 Å². The quantitative estimate of drug-likeness (QED) is 0.275. The maximum Gasteiger partial charge on any atom is 0.120 e. The van der Waals surface area contributed by atoms with E-state index in [1.165, 1.54) is 24.8 Å². The number of hydrogen-bond acceptors (Lipinski definition) is 2. The standard InChI is InChI=1S/C11H17NO/c1-2-3-9-13-12-10-11-7-5-4-6-8-11/h2,7,10H,1,3-6,8-9H2. The van der Waals surface area contributed by atoms with Crippen LogP contribution in [0, 0.1) is 0 Å². The fourth-order valence-electron chi connectivity index (χ4n) is 1.27. The summed E-state index contributed by atoms with van der Waals surface area (Å²) < 4.78 is 0. The van der Waals surface area contributed by atoms with Gasteiger partial charge in [-0.05, 0) is 31.3 Å². The smallest absolute Gasteiger partial charge is 0.120 e. The molecule has 1 aliphatic carbocycles. The molecule has 13 heavy (non-hydrogen) atoms. The number of hydrogen-bond donors (Lipinski definition) is 0. The molecule has 0 atom stereocenters. The largest absolute Gasteiger partial charge is 0.395 e. The molecule has 0 amide bonds. The molecule has 0 spiro atoms. The molecule has 0 aliphatic heterocycles. The number of rotatable bonds is 5. The first kappa shape index (κ1) is 10.0. The van der Waals surface area contributed by atoms with E-state index < -0.39 is 0 Å². The van der Waals surface area contributed by atoms with Crippen LogP contribution in [0.4, 0.5) is 0 Å². The van der Waals surface area contributed by atoms with Crippen molar-refractivity contribution in [2.75, 3.05) is 6.61 Å². The second kappa shape index (κ2) is 6.46. The number of nitrogens with zero attached hydrogens (tertiary/aromatic N) is 1. The lowest BCUT2D eigenvalue weighted by atomic mass is 10.0. The summed E-state index contributed by atoms with van der Waals surface area (Å²) in [6.45, 7) is 4.24. The minimum absolute atomic E-state index is 0.632. The predicted molar refractivity (Wildman–Crippen MR) is 55.8 cm³/mol. The number of allylic oxidation sites excluding steroid dienone is 2. The van der Waals surface area contributed by atoms with Crippen molar-refractivity contribution < 1.29 is 4.84 Å². The third-order valence-corrected chi connectivity index (χ3v) is 2.03. The highest BCUT2D eigenvalue weighted by atomic mass is 16.6. The predicted octanol–water partition coefficient (Wildman–Crippen LogP) is 3.07. The summed E-state index contributed by atoms with van der Waals surface area (Å²) in [7, 11) is 0. The van der Waals surface area contributed by atoms with E-state index in [4.69, 9.17) is 4.84 Å². The Hall–Kier alpha value is -1.05. The van der Waals surface area contributed by atoms with Crippen molar-refractivity contribution in [1.29, 1.82) is 0 Å². The van der Waals surface area contributed by atoms with Crippen molar-refractivity contribution in [3.63, 3.8) is 0 Å². The molecule has 0 saturated heterocycles. The van der Waals surface area contributed by atoms with Gasteiger partial charge >= 0.3 is 0 Å². The summed E-state index contributed by atoms with van der Waals surface area (Å²) >= 11 is 0. The van der Waals surface area contributed by atoms with Gasteiger partial charge in [0.15, 0.2) is 0 Å². The summed E-state index contributed by atoms with van der Waals surface area (Å²) in [4.78, 5) is 5.03. The van der Waals surface area contributed by atoms with Crippen LogP contribution in [-0.2, 0) is 4.84 Å². The van der Waals surface area contributed by atoms with Gasteiger partial charge in [0.1, 0.15) is 6.61 Å². The Bertz CT molecular complexity index is 206. The van der Waals surface area contributed by atoms with Crippen LogP contribution in [-0.4, -0.2) is 12.8 Å². The van der Waals surface area contributed by atoms with E-state index in [2.05, 4.69) is 17.8 Å². The average molecular weight is 179 g/mol. The molecular weight excluding hydrogens is 162 g/mol. The minimum atomic E-state index is 0.632. The summed E-state index contributed by atoms with van der Waals surface area (Å²) in [6.07, 6.45) is 11.7. The Morgan fingerprint density at radius 1 is 1.54 bits per heavy atom. The van der Waals surface area contributed by atoms with Gasteiger partial charge < -0.3 is 4.84 Å². The van der Waals surface area contributed by atoms with Crippen molar-refractivity contribution in [3.8, 4) is 0 Å². The first-order valence-electron chi connectivity index (χ1n) is 4.89. The molecule has 0 fully saturated rings. The van der Waals surface area contributed by atoms with Crippen molar-refractivity contribution in [2.45, 2.75) is 32.1 Å². The monoisotopic (exact) mass is 179 g/mol. The Balaban J connectivity index is 2.14. The SMILES string of the molecule is C=CCCON=CC1=CCCCC1. The highest BCUT2D eigenvalue weighted by Gasteiger charge is 1.99. The van der Waals surface area contributed by atoms with Crippen molar-refractivity contribution >= 4 is 6.21 Å². The van der Waals surface area contributed by atoms with Gasteiger partial charge in [0.05, 0.1) is 6.21 Å².